The van der Waals surface area contributed by atoms with Crippen molar-refractivity contribution in [2.75, 3.05) is 31.1 Å². The molecule has 34 heavy (non-hydrogen) atoms. The summed E-state index contributed by atoms with van der Waals surface area (Å²) in [4.78, 5) is 23.6. The number of hydrogen-bond acceptors (Lipinski definition) is 5. The van der Waals surface area contributed by atoms with Gasteiger partial charge in [0.15, 0.2) is 0 Å². The molecular weight excluding hydrogens is 431 g/mol. The molecule has 7 heteroatoms. The van der Waals surface area contributed by atoms with Gasteiger partial charge < -0.3 is 15.0 Å². The molecular formula is C27H27FN4O2. The van der Waals surface area contributed by atoms with Gasteiger partial charge in [-0.05, 0) is 49.8 Å². The van der Waals surface area contributed by atoms with Gasteiger partial charge in [0, 0.05) is 37.6 Å². The summed E-state index contributed by atoms with van der Waals surface area (Å²) >= 11 is 0. The van der Waals surface area contributed by atoms with Gasteiger partial charge in [-0.15, -0.1) is 0 Å². The number of anilines is 1. The van der Waals surface area contributed by atoms with E-state index < -0.39 is 0 Å². The third kappa shape index (κ3) is 6.18. The van der Waals surface area contributed by atoms with E-state index in [9.17, 15) is 9.18 Å². The minimum atomic E-state index is -0.312. The second-order valence-corrected chi connectivity index (χ2v) is 8.33. The van der Waals surface area contributed by atoms with Crippen molar-refractivity contribution in [2.24, 2.45) is 4.99 Å². The van der Waals surface area contributed by atoms with Gasteiger partial charge in [0.2, 0.25) is 0 Å². The van der Waals surface area contributed by atoms with Crippen molar-refractivity contribution < 1.29 is 13.9 Å². The predicted octanol–water partition coefficient (Wildman–Crippen LogP) is 3.53. The third-order valence-corrected chi connectivity index (χ3v) is 5.40. The Morgan fingerprint density at radius 3 is 2.71 bits per heavy atom. The number of benzene rings is 1. The average Bonchev–Trinajstić information content (AvgIpc) is 3.34. The number of aromatic nitrogens is 1. The van der Waals surface area contributed by atoms with Gasteiger partial charge in [-0.2, -0.15) is 0 Å². The second-order valence-electron chi connectivity index (χ2n) is 8.33. The van der Waals surface area contributed by atoms with Crippen LogP contribution in [-0.2, 0) is 4.74 Å². The van der Waals surface area contributed by atoms with E-state index in [0.717, 1.165) is 5.57 Å². The van der Waals surface area contributed by atoms with Crippen LogP contribution in [0, 0.1) is 17.7 Å². The second kappa shape index (κ2) is 10.9. The Morgan fingerprint density at radius 1 is 1.24 bits per heavy atom. The molecule has 0 unspecified atom stereocenters. The highest BCUT2D eigenvalue weighted by atomic mass is 19.1. The highest BCUT2D eigenvalue weighted by molar-refractivity contribution is 5.94. The van der Waals surface area contributed by atoms with E-state index in [0.29, 0.717) is 48.7 Å². The van der Waals surface area contributed by atoms with Gasteiger partial charge in [0.05, 0.1) is 29.9 Å². The number of ether oxygens (including phenoxy) is 1. The molecule has 1 saturated heterocycles. The number of aliphatic imine (C=N–C) groups is 1. The zero-order chi connectivity index (χ0) is 23.9. The van der Waals surface area contributed by atoms with Gasteiger partial charge in [0.1, 0.15) is 11.6 Å². The highest BCUT2D eigenvalue weighted by Crippen LogP contribution is 2.23. The number of amides is 1. The summed E-state index contributed by atoms with van der Waals surface area (Å²) in [5.74, 6) is 6.37. The molecule has 1 aromatic carbocycles. The fraction of sp³-hybridized carbons (Fsp3) is 0.296. The van der Waals surface area contributed by atoms with Crippen LogP contribution in [0.15, 0.2) is 65.3 Å². The molecule has 1 aromatic heterocycles. The normalized spacial score (nSPS) is 19.6. The molecule has 0 aliphatic carbocycles. The molecule has 0 saturated carbocycles. The largest absolute Gasteiger partial charge is 0.372 e. The topological polar surface area (TPSA) is 66.8 Å². The summed E-state index contributed by atoms with van der Waals surface area (Å²) in [5.41, 5.74) is 2.78. The quantitative estimate of drug-likeness (QED) is 0.697. The summed E-state index contributed by atoms with van der Waals surface area (Å²) in [6.07, 6.45) is 9.32. The average molecular weight is 459 g/mol. The van der Waals surface area contributed by atoms with Crippen LogP contribution in [0.3, 0.4) is 0 Å². The van der Waals surface area contributed by atoms with E-state index in [1.807, 2.05) is 32.1 Å². The summed E-state index contributed by atoms with van der Waals surface area (Å²) in [6.45, 7) is 6.49. The first kappa shape index (κ1) is 23.4. The Labute approximate surface area is 199 Å². The zero-order valence-corrected chi connectivity index (χ0v) is 19.3. The first-order valence-corrected chi connectivity index (χ1v) is 11.3. The number of allylic oxidation sites excluding steroid dienone is 2. The molecule has 2 aliphatic rings. The lowest BCUT2D eigenvalue weighted by Crippen LogP contribution is -2.46. The molecule has 1 amide bonds. The molecule has 2 aliphatic heterocycles. The molecule has 1 fully saturated rings. The smallest absolute Gasteiger partial charge is 0.253 e. The maximum absolute atomic E-state index is 13.3. The lowest BCUT2D eigenvalue weighted by Gasteiger charge is -2.36. The van der Waals surface area contributed by atoms with Gasteiger partial charge in [0.25, 0.3) is 5.91 Å². The fourth-order valence-corrected chi connectivity index (χ4v) is 3.88. The highest BCUT2D eigenvalue weighted by Gasteiger charge is 2.25. The van der Waals surface area contributed by atoms with E-state index in [-0.39, 0.29) is 23.9 Å². The number of nitrogens with zero attached hydrogens (tertiary/aromatic N) is 3. The lowest BCUT2D eigenvalue weighted by atomic mass is 10.1. The Morgan fingerprint density at radius 2 is 2.00 bits per heavy atom. The van der Waals surface area contributed by atoms with Crippen LogP contribution in [0.5, 0.6) is 0 Å². The molecule has 1 N–H and O–H groups in total. The number of carbonyl (C=O) groups excluding carboxylic acids is 1. The monoisotopic (exact) mass is 458 g/mol. The minimum Gasteiger partial charge on any atom is -0.372 e. The number of hydrogen-bond donors (Lipinski definition) is 1. The summed E-state index contributed by atoms with van der Waals surface area (Å²) in [6, 6.07) is 7.76. The Balaban J connectivity index is 1.56. The van der Waals surface area contributed by atoms with Crippen LogP contribution in [0.2, 0.25) is 0 Å². The van der Waals surface area contributed by atoms with Crippen LogP contribution in [0.4, 0.5) is 10.2 Å². The van der Waals surface area contributed by atoms with Crippen molar-refractivity contribution >= 4 is 17.9 Å². The predicted molar refractivity (Wildman–Crippen MR) is 132 cm³/mol. The molecule has 3 heterocycles. The van der Waals surface area contributed by atoms with Crippen LogP contribution in [0.1, 0.15) is 35.3 Å². The number of pyridine rings is 1. The number of rotatable bonds is 5. The summed E-state index contributed by atoms with van der Waals surface area (Å²) in [5, 5.41) is 2.88. The number of carbonyl (C=O) groups is 1. The van der Waals surface area contributed by atoms with Gasteiger partial charge in [-0.25, -0.2) is 9.37 Å². The Hall–Kier alpha value is -3.76. The number of halogens is 1. The van der Waals surface area contributed by atoms with E-state index in [2.05, 4.69) is 32.0 Å². The molecule has 0 radical (unpaired) electrons. The number of morpholine rings is 1. The summed E-state index contributed by atoms with van der Waals surface area (Å²) in [7, 11) is 0. The molecule has 0 spiro atoms. The van der Waals surface area contributed by atoms with Crippen LogP contribution in [0.25, 0.3) is 0 Å². The van der Waals surface area contributed by atoms with Crippen LogP contribution >= 0.6 is 0 Å². The fourth-order valence-electron chi connectivity index (χ4n) is 3.88. The van der Waals surface area contributed by atoms with Crippen LogP contribution < -0.4 is 10.2 Å². The zero-order valence-electron chi connectivity index (χ0n) is 19.3. The van der Waals surface area contributed by atoms with Gasteiger partial charge in [-0.1, -0.05) is 30.1 Å². The van der Waals surface area contributed by atoms with E-state index >= 15 is 0 Å². The summed E-state index contributed by atoms with van der Waals surface area (Å²) < 4.78 is 19.1. The molecule has 0 bridgehead atoms. The number of nitrogens with one attached hydrogen (secondary N) is 1. The van der Waals surface area contributed by atoms with Crippen molar-refractivity contribution in [1.29, 1.82) is 0 Å². The SMILES string of the molecule is C[C@@H]1CN(c2ncc(C(=O)NC/C=C/C3=CCN=C3)cc2C#Cc2ccc(F)cc2)C[C@H](C)O1. The molecule has 174 valence electrons. The van der Waals surface area contributed by atoms with E-state index in [1.54, 1.807) is 30.6 Å². The van der Waals surface area contributed by atoms with Gasteiger partial charge >= 0.3 is 0 Å². The molecule has 6 nitrogen and oxygen atoms in total. The van der Waals surface area contributed by atoms with Crippen molar-refractivity contribution in [2.45, 2.75) is 26.1 Å². The molecule has 2 aromatic rings. The van der Waals surface area contributed by atoms with Gasteiger partial charge in [-0.3, -0.25) is 9.79 Å². The van der Waals surface area contributed by atoms with E-state index in [1.165, 1.54) is 12.1 Å². The van der Waals surface area contributed by atoms with Crippen molar-refractivity contribution in [3.05, 3.63) is 82.8 Å². The van der Waals surface area contributed by atoms with Crippen LogP contribution in [-0.4, -0.2) is 55.5 Å². The maximum Gasteiger partial charge on any atom is 0.253 e. The standard InChI is InChI=1S/C27H27FN4O2/c1-19-17-32(18-20(2)34-19)26-23(8-5-21-6-9-25(28)10-7-21)14-24(16-31-26)27(33)30-12-3-4-22-11-13-29-15-22/h3-4,6-7,9-11,14-16,19-20H,12-13,17-18H2,1-2H3,(H,30,33)/b4-3+/t19-,20+. The Bertz CT molecular complexity index is 1180. The van der Waals surface area contributed by atoms with Crippen molar-refractivity contribution in [3.63, 3.8) is 0 Å². The first-order valence-electron chi connectivity index (χ1n) is 11.3. The third-order valence-electron chi connectivity index (χ3n) is 5.40. The van der Waals surface area contributed by atoms with Crippen molar-refractivity contribution in [1.82, 2.24) is 10.3 Å². The van der Waals surface area contributed by atoms with Crippen molar-refractivity contribution in [3.8, 4) is 11.8 Å². The Kier molecular flexibility index (Phi) is 7.51. The first-order chi connectivity index (χ1) is 16.5. The molecule has 4 rings (SSSR count). The maximum atomic E-state index is 13.3. The lowest BCUT2D eigenvalue weighted by molar-refractivity contribution is -0.00547. The molecule has 2 atom stereocenters. The van der Waals surface area contributed by atoms with E-state index in [4.69, 9.17) is 4.74 Å². The minimum absolute atomic E-state index is 0.0539.